The lowest BCUT2D eigenvalue weighted by Crippen LogP contribution is -2.68. The van der Waals surface area contributed by atoms with Crippen molar-refractivity contribution in [2.24, 2.45) is 28.3 Å². The van der Waals surface area contributed by atoms with Gasteiger partial charge in [0.2, 0.25) is 0 Å². The summed E-state index contributed by atoms with van der Waals surface area (Å²) in [5.74, 6) is 0. The number of unbranched alkanes of at least 4 members (excludes halogenated alkanes) is 1. The van der Waals surface area contributed by atoms with Crippen molar-refractivity contribution in [3.8, 4) is 0 Å². The Morgan fingerprint density at radius 1 is 1.15 bits per heavy atom. The number of hydrogen-bond donors (Lipinski definition) is 4. The third kappa shape index (κ3) is 2.91. The van der Waals surface area contributed by atoms with E-state index in [1.54, 1.807) is 0 Å². The van der Waals surface area contributed by atoms with Crippen molar-refractivity contribution < 1.29 is 0 Å². The predicted octanol–water partition coefficient (Wildman–Crippen LogP) is 0.0600. The summed E-state index contributed by atoms with van der Waals surface area (Å²) in [4.78, 5) is 0. The molecule has 0 aliphatic rings. The van der Waals surface area contributed by atoms with Crippen LogP contribution in [0.4, 0.5) is 0 Å². The molecule has 0 radical (unpaired) electrons. The molecule has 0 atom stereocenters. The first-order valence-electron chi connectivity index (χ1n) is 4.84. The molecule has 0 heterocycles. The van der Waals surface area contributed by atoms with Gasteiger partial charge in [-0.15, -0.1) is 0 Å². The number of nitrogens with two attached hydrogens (primary N) is 4. The lowest BCUT2D eigenvalue weighted by atomic mass is 9.74. The minimum absolute atomic E-state index is 0.442. The summed E-state index contributed by atoms with van der Waals surface area (Å²) in [7, 11) is 0. The molecule has 13 heavy (non-hydrogen) atoms. The van der Waals surface area contributed by atoms with E-state index in [1.807, 2.05) is 13.8 Å². The Balaban J connectivity index is 4.41. The van der Waals surface area contributed by atoms with Gasteiger partial charge in [-0.3, -0.25) is 0 Å². The smallest absolute Gasteiger partial charge is 0.0717 e. The molecule has 0 amide bonds. The van der Waals surface area contributed by atoms with Crippen LogP contribution in [0.3, 0.4) is 0 Å². The highest BCUT2D eigenvalue weighted by atomic mass is 15.0. The van der Waals surface area contributed by atoms with Crippen molar-refractivity contribution in [2.75, 3.05) is 0 Å². The largest absolute Gasteiger partial charge is 0.316 e. The van der Waals surface area contributed by atoms with Crippen LogP contribution in [0.2, 0.25) is 0 Å². The van der Waals surface area contributed by atoms with E-state index in [4.69, 9.17) is 22.9 Å². The molecule has 0 spiro atoms. The van der Waals surface area contributed by atoms with Crippen LogP contribution in [0.15, 0.2) is 0 Å². The lowest BCUT2D eigenvalue weighted by Gasteiger charge is -2.43. The van der Waals surface area contributed by atoms with Gasteiger partial charge in [0, 0.05) is 5.41 Å². The monoisotopic (exact) mass is 188 g/mol. The summed E-state index contributed by atoms with van der Waals surface area (Å²) in [6.45, 7) is 5.92. The fourth-order valence-corrected chi connectivity index (χ4v) is 1.10. The highest BCUT2D eigenvalue weighted by Crippen LogP contribution is 2.29. The molecule has 0 saturated heterocycles. The molecule has 0 aliphatic heterocycles. The Kier molecular flexibility index (Phi) is 4.32. The van der Waals surface area contributed by atoms with Crippen LogP contribution in [0.25, 0.3) is 0 Å². The van der Waals surface area contributed by atoms with E-state index in [2.05, 4.69) is 6.92 Å². The zero-order valence-electron chi connectivity index (χ0n) is 9.01. The second-order valence-corrected chi connectivity index (χ2v) is 4.39. The standard InChI is InChI=1S/C9H24N4/c1-4-5-6-9(12,13)8(2,3)7(10)11/h7H,4-6,10-13H2,1-3H3. The van der Waals surface area contributed by atoms with Gasteiger partial charge in [0.25, 0.3) is 0 Å². The van der Waals surface area contributed by atoms with Crippen molar-refractivity contribution in [1.29, 1.82) is 0 Å². The second kappa shape index (κ2) is 4.37. The van der Waals surface area contributed by atoms with Gasteiger partial charge in [-0.2, -0.15) is 0 Å². The molecule has 0 aliphatic carbocycles. The number of rotatable bonds is 5. The summed E-state index contributed by atoms with van der Waals surface area (Å²) in [6.07, 6.45) is 2.34. The summed E-state index contributed by atoms with van der Waals surface area (Å²) in [5, 5.41) is 0. The highest BCUT2D eigenvalue weighted by Gasteiger charge is 2.41. The summed E-state index contributed by atoms with van der Waals surface area (Å²) in [6, 6.07) is 0. The van der Waals surface area contributed by atoms with Gasteiger partial charge in [0.05, 0.1) is 11.8 Å². The van der Waals surface area contributed by atoms with Gasteiger partial charge < -0.3 is 22.9 Å². The van der Waals surface area contributed by atoms with Crippen molar-refractivity contribution in [2.45, 2.75) is 51.9 Å². The summed E-state index contributed by atoms with van der Waals surface area (Å²) in [5.41, 5.74) is 22.1. The molecule has 0 saturated carbocycles. The van der Waals surface area contributed by atoms with Crippen molar-refractivity contribution in [3.05, 3.63) is 0 Å². The molecule has 4 heteroatoms. The first-order valence-corrected chi connectivity index (χ1v) is 4.84. The molecule has 0 aromatic carbocycles. The van der Waals surface area contributed by atoms with Gasteiger partial charge in [-0.1, -0.05) is 33.6 Å². The van der Waals surface area contributed by atoms with Crippen molar-refractivity contribution in [1.82, 2.24) is 0 Å². The van der Waals surface area contributed by atoms with Gasteiger partial charge in [0.1, 0.15) is 0 Å². The summed E-state index contributed by atoms with van der Waals surface area (Å²) >= 11 is 0. The van der Waals surface area contributed by atoms with E-state index in [1.165, 1.54) is 0 Å². The quantitative estimate of drug-likeness (QED) is 0.458. The maximum absolute atomic E-state index is 6.00. The molecule has 80 valence electrons. The maximum atomic E-state index is 6.00. The molecule has 8 N–H and O–H groups in total. The fraction of sp³-hybridized carbons (Fsp3) is 1.00. The molecule has 0 unspecified atom stereocenters. The second-order valence-electron chi connectivity index (χ2n) is 4.39. The predicted molar refractivity (Wildman–Crippen MR) is 56.6 cm³/mol. The van der Waals surface area contributed by atoms with Gasteiger partial charge in [0.15, 0.2) is 0 Å². The van der Waals surface area contributed by atoms with E-state index in [9.17, 15) is 0 Å². The van der Waals surface area contributed by atoms with E-state index in [0.717, 1.165) is 19.3 Å². The van der Waals surface area contributed by atoms with E-state index in [0.29, 0.717) is 0 Å². The third-order valence-electron chi connectivity index (χ3n) is 2.98. The van der Waals surface area contributed by atoms with Crippen LogP contribution in [0, 0.1) is 5.41 Å². The first kappa shape index (κ1) is 12.8. The van der Waals surface area contributed by atoms with Gasteiger partial charge in [-0.25, -0.2) is 0 Å². The molecule has 0 aromatic heterocycles. The minimum atomic E-state index is -0.781. The van der Waals surface area contributed by atoms with Crippen LogP contribution >= 0.6 is 0 Å². The minimum Gasteiger partial charge on any atom is -0.316 e. The van der Waals surface area contributed by atoms with Crippen LogP contribution in [0.1, 0.15) is 40.0 Å². The Morgan fingerprint density at radius 2 is 1.62 bits per heavy atom. The Hall–Kier alpha value is -0.160. The number of hydrogen-bond acceptors (Lipinski definition) is 4. The fourth-order valence-electron chi connectivity index (χ4n) is 1.10. The highest BCUT2D eigenvalue weighted by molar-refractivity contribution is 4.96. The van der Waals surface area contributed by atoms with Crippen molar-refractivity contribution in [3.63, 3.8) is 0 Å². The molecule has 0 bridgehead atoms. The van der Waals surface area contributed by atoms with Gasteiger partial charge in [-0.05, 0) is 6.42 Å². The maximum Gasteiger partial charge on any atom is 0.0717 e. The third-order valence-corrected chi connectivity index (χ3v) is 2.98. The Labute approximate surface area is 81.0 Å². The van der Waals surface area contributed by atoms with Crippen LogP contribution < -0.4 is 22.9 Å². The zero-order valence-corrected chi connectivity index (χ0v) is 9.01. The molecule has 0 rings (SSSR count). The average molecular weight is 188 g/mol. The van der Waals surface area contributed by atoms with Gasteiger partial charge >= 0.3 is 0 Å². The normalized spacial score (nSPS) is 13.8. The lowest BCUT2D eigenvalue weighted by molar-refractivity contribution is 0.121. The van der Waals surface area contributed by atoms with E-state index < -0.39 is 17.2 Å². The molecule has 4 nitrogen and oxygen atoms in total. The van der Waals surface area contributed by atoms with Crippen LogP contribution in [-0.4, -0.2) is 11.8 Å². The van der Waals surface area contributed by atoms with E-state index >= 15 is 0 Å². The Bertz CT molecular complexity index is 152. The molecular weight excluding hydrogens is 164 g/mol. The first-order chi connectivity index (χ1) is 5.75. The molecule has 0 fully saturated rings. The zero-order chi connectivity index (χ0) is 10.7. The van der Waals surface area contributed by atoms with Crippen LogP contribution in [0.5, 0.6) is 0 Å². The Morgan fingerprint density at radius 3 is 1.92 bits per heavy atom. The SMILES string of the molecule is CCCCC(N)(N)C(C)(C)C(N)N. The average Bonchev–Trinajstić information content (AvgIpc) is 2.00. The van der Waals surface area contributed by atoms with Crippen molar-refractivity contribution >= 4 is 0 Å². The molecule has 0 aromatic rings. The summed E-state index contributed by atoms with van der Waals surface area (Å²) < 4.78 is 0. The van der Waals surface area contributed by atoms with E-state index in [-0.39, 0.29) is 0 Å². The topological polar surface area (TPSA) is 104 Å². The molecular formula is C9H24N4. The van der Waals surface area contributed by atoms with Crippen LogP contribution in [-0.2, 0) is 0 Å².